The largest absolute Gasteiger partial charge is 0.381 e. The summed E-state index contributed by atoms with van der Waals surface area (Å²) in [7, 11) is 0. The number of nitro benzene ring substituents is 1. The van der Waals surface area contributed by atoms with Gasteiger partial charge < -0.3 is 10.1 Å². The van der Waals surface area contributed by atoms with Crippen molar-refractivity contribution in [2.45, 2.75) is 19.4 Å². The quantitative estimate of drug-likeness (QED) is 0.674. The molecule has 1 saturated heterocycles. The summed E-state index contributed by atoms with van der Waals surface area (Å²) in [6.45, 7) is 3.43. The second-order valence-corrected chi connectivity index (χ2v) is 4.85. The zero-order valence-electron chi connectivity index (χ0n) is 10.1. The van der Waals surface area contributed by atoms with Crippen LogP contribution in [-0.4, -0.2) is 24.2 Å². The average Bonchev–Trinajstić information content (AvgIpc) is 2.85. The van der Waals surface area contributed by atoms with Gasteiger partial charge in [-0.15, -0.1) is 0 Å². The van der Waals surface area contributed by atoms with Crippen molar-refractivity contribution >= 4 is 23.0 Å². The number of benzene rings is 1. The van der Waals surface area contributed by atoms with Crippen molar-refractivity contribution < 1.29 is 9.66 Å². The molecular formula is C12H15ClN2O3. The predicted octanol–water partition coefficient (Wildman–Crippen LogP) is 3.09. The molecule has 5 nitrogen and oxygen atoms in total. The van der Waals surface area contributed by atoms with E-state index in [1.54, 1.807) is 12.1 Å². The molecule has 1 aromatic rings. The minimum atomic E-state index is -0.425. The molecule has 2 atom stereocenters. The smallest absolute Gasteiger partial charge is 0.293 e. The van der Waals surface area contributed by atoms with E-state index in [1.165, 1.54) is 6.07 Å². The minimum absolute atomic E-state index is 0.00765. The molecule has 1 aromatic carbocycles. The van der Waals surface area contributed by atoms with Gasteiger partial charge in [0, 0.05) is 24.6 Å². The monoisotopic (exact) mass is 270 g/mol. The number of nitrogens with one attached hydrogen (secondary N) is 1. The molecule has 1 heterocycles. The lowest BCUT2D eigenvalue weighted by atomic mass is 10.0. The molecule has 1 fully saturated rings. The van der Waals surface area contributed by atoms with Gasteiger partial charge >= 0.3 is 0 Å². The van der Waals surface area contributed by atoms with Crippen molar-refractivity contribution in [3.05, 3.63) is 33.3 Å². The maximum absolute atomic E-state index is 11.0. The number of nitrogens with zero attached hydrogens (tertiary/aromatic N) is 1. The zero-order chi connectivity index (χ0) is 13.1. The Hall–Kier alpha value is -1.33. The van der Waals surface area contributed by atoms with Crippen LogP contribution in [0.25, 0.3) is 0 Å². The van der Waals surface area contributed by atoms with Gasteiger partial charge in [0.15, 0.2) is 0 Å². The highest BCUT2D eigenvalue weighted by atomic mass is 35.5. The number of hydrogen-bond acceptors (Lipinski definition) is 4. The van der Waals surface area contributed by atoms with Gasteiger partial charge in [0.05, 0.1) is 16.6 Å². The molecule has 98 valence electrons. The summed E-state index contributed by atoms with van der Waals surface area (Å²) in [6.07, 6.45) is 0.965. The molecule has 18 heavy (non-hydrogen) atoms. The molecule has 0 saturated carbocycles. The maximum atomic E-state index is 11.0. The first-order valence-electron chi connectivity index (χ1n) is 5.86. The number of rotatable bonds is 4. The van der Waals surface area contributed by atoms with E-state index in [-0.39, 0.29) is 11.7 Å². The van der Waals surface area contributed by atoms with Crippen LogP contribution in [0.2, 0.25) is 5.02 Å². The van der Waals surface area contributed by atoms with Crippen molar-refractivity contribution in [1.29, 1.82) is 0 Å². The minimum Gasteiger partial charge on any atom is -0.381 e. The van der Waals surface area contributed by atoms with Gasteiger partial charge in [0.25, 0.3) is 5.69 Å². The van der Waals surface area contributed by atoms with Crippen molar-refractivity contribution in [2.75, 3.05) is 18.5 Å². The highest BCUT2D eigenvalue weighted by Gasteiger charge is 2.25. The van der Waals surface area contributed by atoms with E-state index < -0.39 is 4.92 Å². The third-order valence-corrected chi connectivity index (χ3v) is 3.55. The fourth-order valence-electron chi connectivity index (χ4n) is 2.10. The first-order valence-corrected chi connectivity index (χ1v) is 6.24. The maximum Gasteiger partial charge on any atom is 0.293 e. The van der Waals surface area contributed by atoms with E-state index in [0.29, 0.717) is 23.2 Å². The van der Waals surface area contributed by atoms with E-state index in [4.69, 9.17) is 16.3 Å². The first-order chi connectivity index (χ1) is 8.59. The van der Waals surface area contributed by atoms with E-state index in [0.717, 1.165) is 13.0 Å². The second kappa shape index (κ2) is 5.54. The van der Waals surface area contributed by atoms with E-state index in [1.807, 2.05) is 6.92 Å². The van der Waals surface area contributed by atoms with Crippen molar-refractivity contribution in [2.24, 2.45) is 5.92 Å². The molecule has 0 spiro atoms. The van der Waals surface area contributed by atoms with Gasteiger partial charge in [-0.05, 0) is 19.4 Å². The molecule has 1 N–H and O–H groups in total. The van der Waals surface area contributed by atoms with Crippen LogP contribution in [-0.2, 0) is 4.74 Å². The lowest BCUT2D eigenvalue weighted by Gasteiger charge is -2.20. The number of hydrogen-bond donors (Lipinski definition) is 1. The van der Waals surface area contributed by atoms with Crippen LogP contribution in [0, 0.1) is 16.0 Å². The number of ether oxygens (including phenoxy) is 1. The second-order valence-electron chi connectivity index (χ2n) is 4.45. The van der Waals surface area contributed by atoms with Gasteiger partial charge in [0.2, 0.25) is 0 Å². The van der Waals surface area contributed by atoms with Gasteiger partial charge in [0.1, 0.15) is 5.69 Å². The molecule has 0 aliphatic carbocycles. The Kier molecular flexibility index (Phi) is 4.04. The third kappa shape index (κ3) is 2.73. The fraction of sp³-hybridized carbons (Fsp3) is 0.500. The Labute approximate surface area is 110 Å². The molecule has 2 rings (SSSR count). The van der Waals surface area contributed by atoms with Gasteiger partial charge in [-0.2, -0.15) is 0 Å². The summed E-state index contributed by atoms with van der Waals surface area (Å²) in [5, 5.41) is 14.5. The predicted molar refractivity (Wildman–Crippen MR) is 70.1 cm³/mol. The summed E-state index contributed by atoms with van der Waals surface area (Å²) in [5.41, 5.74) is 0.400. The van der Waals surface area contributed by atoms with Crippen LogP contribution < -0.4 is 5.32 Å². The lowest BCUT2D eigenvalue weighted by molar-refractivity contribution is -0.384. The summed E-state index contributed by atoms with van der Waals surface area (Å²) < 4.78 is 5.32. The lowest BCUT2D eigenvalue weighted by Crippen LogP contribution is -2.26. The van der Waals surface area contributed by atoms with Crippen LogP contribution in [0.1, 0.15) is 13.3 Å². The highest BCUT2D eigenvalue weighted by molar-refractivity contribution is 6.33. The number of anilines is 1. The number of nitro groups is 1. The van der Waals surface area contributed by atoms with Crippen LogP contribution >= 0.6 is 11.6 Å². The van der Waals surface area contributed by atoms with E-state index >= 15 is 0 Å². The molecular weight excluding hydrogens is 256 g/mol. The Bertz CT molecular complexity index is 447. The Balaban J connectivity index is 2.19. The van der Waals surface area contributed by atoms with Crippen LogP contribution in [0.15, 0.2) is 18.2 Å². The van der Waals surface area contributed by atoms with Gasteiger partial charge in [-0.3, -0.25) is 10.1 Å². The van der Waals surface area contributed by atoms with Gasteiger partial charge in [-0.1, -0.05) is 17.7 Å². The van der Waals surface area contributed by atoms with Crippen LogP contribution in [0.3, 0.4) is 0 Å². The standard InChI is InChI=1S/C12H15ClN2O3/c1-8(9-5-6-18-7-9)14-12-10(13)3-2-4-11(12)15(16)17/h2-4,8-9,14H,5-7H2,1H3. The topological polar surface area (TPSA) is 64.4 Å². The van der Waals surface area contributed by atoms with Crippen molar-refractivity contribution in [3.63, 3.8) is 0 Å². The first kappa shape index (κ1) is 13.1. The van der Waals surface area contributed by atoms with Crippen molar-refractivity contribution in [1.82, 2.24) is 0 Å². The van der Waals surface area contributed by atoms with E-state index in [2.05, 4.69) is 5.32 Å². The Morgan fingerprint density at radius 2 is 2.39 bits per heavy atom. The molecule has 2 unspecified atom stereocenters. The molecule has 1 aliphatic rings. The van der Waals surface area contributed by atoms with Crippen LogP contribution in [0.4, 0.5) is 11.4 Å². The highest BCUT2D eigenvalue weighted by Crippen LogP contribution is 2.33. The average molecular weight is 271 g/mol. The van der Waals surface area contributed by atoms with Crippen LogP contribution in [0.5, 0.6) is 0 Å². The Morgan fingerprint density at radius 1 is 1.61 bits per heavy atom. The Morgan fingerprint density at radius 3 is 3.00 bits per heavy atom. The molecule has 1 aliphatic heterocycles. The summed E-state index contributed by atoms with van der Waals surface area (Å²) in [4.78, 5) is 10.5. The fourth-order valence-corrected chi connectivity index (χ4v) is 2.32. The number of para-hydroxylation sites is 1. The normalized spacial score (nSPS) is 20.7. The zero-order valence-corrected chi connectivity index (χ0v) is 10.8. The molecule has 0 radical (unpaired) electrons. The molecule has 6 heteroatoms. The molecule has 0 aromatic heterocycles. The van der Waals surface area contributed by atoms with Crippen molar-refractivity contribution in [3.8, 4) is 0 Å². The third-order valence-electron chi connectivity index (χ3n) is 3.23. The summed E-state index contributed by atoms with van der Waals surface area (Å²) >= 11 is 6.03. The summed E-state index contributed by atoms with van der Waals surface area (Å²) in [5.74, 6) is 0.362. The van der Waals surface area contributed by atoms with Gasteiger partial charge in [-0.25, -0.2) is 0 Å². The van der Waals surface area contributed by atoms with E-state index in [9.17, 15) is 10.1 Å². The summed E-state index contributed by atoms with van der Waals surface area (Å²) in [6, 6.07) is 4.77. The molecule has 0 amide bonds. The number of halogens is 1. The SMILES string of the molecule is CC(Nc1c(Cl)cccc1[N+](=O)[O-])C1CCOC1. The molecule has 0 bridgehead atoms.